The first kappa shape index (κ1) is 27.2. The molecule has 4 heteroatoms. The molecule has 0 aromatic heterocycles. The number of benzene rings is 1. The topological polar surface area (TPSA) is 52.6 Å². The Kier molecular flexibility index (Phi) is 13.9. The molecule has 0 radical (unpaired) electrons. The van der Waals surface area contributed by atoms with E-state index in [1.807, 2.05) is 24.3 Å². The highest BCUT2D eigenvalue weighted by atomic mass is 16.5. The van der Waals surface area contributed by atoms with Gasteiger partial charge in [-0.1, -0.05) is 91.2 Å². The molecule has 0 aliphatic carbocycles. The number of unbranched alkanes of at least 4 members (excludes halogenated alkanes) is 9. The molecule has 0 saturated heterocycles. The molecule has 31 heavy (non-hydrogen) atoms. The summed E-state index contributed by atoms with van der Waals surface area (Å²) in [6.45, 7) is 9.20. The van der Waals surface area contributed by atoms with E-state index in [0.717, 1.165) is 12.8 Å². The predicted octanol–water partition coefficient (Wildman–Crippen LogP) is 7.52. The highest BCUT2D eigenvalue weighted by molar-refractivity contribution is 5.72. The molecule has 0 heterocycles. The van der Waals surface area contributed by atoms with Crippen molar-refractivity contribution in [2.45, 2.75) is 117 Å². The molecule has 1 aromatic rings. The van der Waals surface area contributed by atoms with Crippen LogP contribution in [0.1, 0.15) is 117 Å². The van der Waals surface area contributed by atoms with Crippen molar-refractivity contribution in [2.75, 3.05) is 6.61 Å². The van der Waals surface area contributed by atoms with Crippen LogP contribution in [0.3, 0.4) is 0 Å². The summed E-state index contributed by atoms with van der Waals surface area (Å²) in [4.78, 5) is 23.8. The number of carbonyl (C=O) groups is 2. The van der Waals surface area contributed by atoms with Crippen molar-refractivity contribution in [1.29, 1.82) is 0 Å². The van der Waals surface area contributed by atoms with Gasteiger partial charge in [-0.25, -0.2) is 0 Å². The van der Waals surface area contributed by atoms with Crippen LogP contribution in [0.5, 0.6) is 5.75 Å². The molecule has 0 unspecified atom stereocenters. The minimum absolute atomic E-state index is 0.0744. The van der Waals surface area contributed by atoms with Gasteiger partial charge in [0.2, 0.25) is 0 Å². The van der Waals surface area contributed by atoms with E-state index in [1.54, 1.807) is 0 Å². The summed E-state index contributed by atoms with van der Waals surface area (Å²) in [7, 11) is 0. The summed E-state index contributed by atoms with van der Waals surface area (Å²) in [5, 5.41) is 0. The molecule has 0 aliphatic heterocycles. The molecule has 0 saturated carbocycles. The summed E-state index contributed by atoms with van der Waals surface area (Å²) < 4.78 is 10.7. The molecule has 0 amide bonds. The fourth-order valence-corrected chi connectivity index (χ4v) is 3.42. The smallest absolute Gasteiger partial charge is 0.311 e. The molecule has 0 spiro atoms. The Morgan fingerprint density at radius 1 is 0.710 bits per heavy atom. The third kappa shape index (κ3) is 14.0. The maximum Gasteiger partial charge on any atom is 0.311 e. The van der Waals surface area contributed by atoms with Crippen LogP contribution in [-0.4, -0.2) is 18.5 Å². The second-order valence-corrected chi connectivity index (χ2v) is 9.50. The lowest BCUT2D eigenvalue weighted by Crippen LogP contribution is -2.11. The number of esters is 2. The molecule has 1 rings (SSSR count). The van der Waals surface area contributed by atoms with Gasteiger partial charge >= 0.3 is 11.9 Å². The Labute approximate surface area is 190 Å². The van der Waals surface area contributed by atoms with Crippen molar-refractivity contribution in [3.05, 3.63) is 29.8 Å². The largest absolute Gasteiger partial charge is 0.466 e. The van der Waals surface area contributed by atoms with Crippen LogP contribution in [0.4, 0.5) is 0 Å². The summed E-state index contributed by atoms with van der Waals surface area (Å²) in [5.41, 5.74) is 1.28. The molecule has 0 fully saturated rings. The second-order valence-electron chi connectivity index (χ2n) is 9.50. The van der Waals surface area contributed by atoms with Crippen molar-refractivity contribution in [1.82, 2.24) is 0 Å². The summed E-state index contributed by atoms with van der Waals surface area (Å²) >= 11 is 0. The molecule has 4 nitrogen and oxygen atoms in total. The minimum atomic E-state index is -0.258. The van der Waals surface area contributed by atoms with Crippen LogP contribution in [0.2, 0.25) is 0 Å². The van der Waals surface area contributed by atoms with E-state index in [-0.39, 0.29) is 17.4 Å². The predicted molar refractivity (Wildman–Crippen MR) is 127 cm³/mol. The Hall–Kier alpha value is -1.84. The van der Waals surface area contributed by atoms with E-state index < -0.39 is 0 Å². The van der Waals surface area contributed by atoms with Crippen LogP contribution in [-0.2, 0) is 19.7 Å². The van der Waals surface area contributed by atoms with Crippen LogP contribution in [0.15, 0.2) is 24.3 Å². The van der Waals surface area contributed by atoms with Crippen LogP contribution in [0.25, 0.3) is 0 Å². The third-order valence-corrected chi connectivity index (χ3v) is 5.47. The van der Waals surface area contributed by atoms with Gasteiger partial charge in [-0.3, -0.25) is 9.59 Å². The highest BCUT2D eigenvalue weighted by Crippen LogP contribution is 2.24. The van der Waals surface area contributed by atoms with Gasteiger partial charge < -0.3 is 9.47 Å². The molecule has 0 N–H and O–H groups in total. The SMILES string of the molecule is CCCCCCCCCCCOC(=O)CCCCC(=O)Oc1ccc(C(C)(C)C)cc1. The zero-order valence-corrected chi connectivity index (χ0v) is 20.3. The Morgan fingerprint density at radius 2 is 1.23 bits per heavy atom. The number of hydrogen-bond acceptors (Lipinski definition) is 4. The van der Waals surface area contributed by atoms with E-state index in [9.17, 15) is 9.59 Å². The molecule has 0 atom stereocenters. The second kappa shape index (κ2) is 15.9. The lowest BCUT2D eigenvalue weighted by molar-refractivity contribution is -0.144. The zero-order chi connectivity index (χ0) is 23.0. The van der Waals surface area contributed by atoms with E-state index in [0.29, 0.717) is 38.0 Å². The molecular formula is C27H44O4. The number of ether oxygens (including phenoxy) is 2. The lowest BCUT2D eigenvalue weighted by Gasteiger charge is -2.18. The zero-order valence-electron chi connectivity index (χ0n) is 20.3. The highest BCUT2D eigenvalue weighted by Gasteiger charge is 2.14. The van der Waals surface area contributed by atoms with Gasteiger partial charge in [0.05, 0.1) is 6.61 Å². The third-order valence-electron chi connectivity index (χ3n) is 5.47. The van der Waals surface area contributed by atoms with Crippen molar-refractivity contribution in [2.24, 2.45) is 0 Å². The Morgan fingerprint density at radius 3 is 1.77 bits per heavy atom. The van der Waals surface area contributed by atoms with E-state index >= 15 is 0 Å². The van der Waals surface area contributed by atoms with Crippen molar-refractivity contribution < 1.29 is 19.1 Å². The normalized spacial score (nSPS) is 11.4. The Balaban J connectivity index is 2.00. The standard InChI is InChI=1S/C27H44O4/c1-5-6-7-8-9-10-11-12-15-22-30-25(28)16-13-14-17-26(29)31-24-20-18-23(19-21-24)27(2,3)4/h18-21H,5-17,22H2,1-4H3. The summed E-state index contributed by atoms with van der Waals surface area (Å²) in [6.07, 6.45) is 13.2. The molecular weight excluding hydrogens is 388 g/mol. The van der Waals surface area contributed by atoms with Crippen LogP contribution >= 0.6 is 0 Å². The van der Waals surface area contributed by atoms with Crippen LogP contribution in [0, 0.1) is 0 Å². The van der Waals surface area contributed by atoms with Gasteiger partial charge in [0.15, 0.2) is 0 Å². The molecule has 176 valence electrons. The lowest BCUT2D eigenvalue weighted by atomic mass is 9.87. The maximum atomic E-state index is 12.0. The molecule has 1 aromatic carbocycles. The fraction of sp³-hybridized carbons (Fsp3) is 0.704. The van der Waals surface area contributed by atoms with Gasteiger partial charge in [0.1, 0.15) is 5.75 Å². The first-order chi connectivity index (χ1) is 14.8. The van der Waals surface area contributed by atoms with Crippen LogP contribution < -0.4 is 4.74 Å². The number of hydrogen-bond donors (Lipinski definition) is 0. The summed E-state index contributed by atoms with van der Waals surface area (Å²) in [5.74, 6) is 0.149. The fourth-order valence-electron chi connectivity index (χ4n) is 3.42. The van der Waals surface area contributed by atoms with Gasteiger partial charge in [-0.05, 0) is 42.4 Å². The average Bonchev–Trinajstić information content (AvgIpc) is 2.72. The van der Waals surface area contributed by atoms with Crippen molar-refractivity contribution in [3.8, 4) is 5.75 Å². The Bertz CT molecular complexity index is 613. The van der Waals surface area contributed by atoms with Gasteiger partial charge in [-0.15, -0.1) is 0 Å². The van der Waals surface area contributed by atoms with E-state index in [1.165, 1.54) is 50.5 Å². The monoisotopic (exact) mass is 432 g/mol. The van der Waals surface area contributed by atoms with Crippen molar-refractivity contribution in [3.63, 3.8) is 0 Å². The van der Waals surface area contributed by atoms with E-state index in [4.69, 9.17) is 9.47 Å². The first-order valence-corrected chi connectivity index (χ1v) is 12.3. The summed E-state index contributed by atoms with van der Waals surface area (Å²) in [6, 6.07) is 7.66. The quantitative estimate of drug-likeness (QED) is 0.154. The maximum absolute atomic E-state index is 12.0. The minimum Gasteiger partial charge on any atom is -0.466 e. The number of rotatable bonds is 16. The number of carbonyl (C=O) groups excluding carboxylic acids is 2. The van der Waals surface area contributed by atoms with E-state index in [2.05, 4.69) is 27.7 Å². The van der Waals surface area contributed by atoms with Gasteiger partial charge in [-0.2, -0.15) is 0 Å². The average molecular weight is 433 g/mol. The molecule has 0 bridgehead atoms. The van der Waals surface area contributed by atoms with Gasteiger partial charge in [0.25, 0.3) is 0 Å². The first-order valence-electron chi connectivity index (χ1n) is 12.3. The van der Waals surface area contributed by atoms with Gasteiger partial charge in [0, 0.05) is 12.8 Å². The molecule has 0 aliphatic rings. The van der Waals surface area contributed by atoms with Crippen molar-refractivity contribution >= 4 is 11.9 Å².